The Hall–Kier alpha value is -0.650. The van der Waals surface area contributed by atoms with Gasteiger partial charge in [0.05, 0.1) is 25.2 Å². The standard InChI is InChI=1S/C15H28N2O3/c16-12-4-6-13(7-5-12)20-10-8-17-15(18)11-14-3-1-2-9-19-14/h12-14H,1-11,16H2,(H,17,18). The smallest absolute Gasteiger partial charge is 0.222 e. The summed E-state index contributed by atoms with van der Waals surface area (Å²) < 4.78 is 11.3. The number of nitrogens with one attached hydrogen (secondary N) is 1. The first-order valence-corrected chi connectivity index (χ1v) is 7.99. The van der Waals surface area contributed by atoms with Gasteiger partial charge in [0.1, 0.15) is 0 Å². The first-order valence-electron chi connectivity index (χ1n) is 7.99. The van der Waals surface area contributed by atoms with Gasteiger partial charge in [0.25, 0.3) is 0 Å². The number of rotatable bonds is 6. The van der Waals surface area contributed by atoms with Crippen molar-refractivity contribution < 1.29 is 14.3 Å². The van der Waals surface area contributed by atoms with Crippen LogP contribution in [0.3, 0.4) is 0 Å². The highest BCUT2D eigenvalue weighted by Gasteiger charge is 2.19. The van der Waals surface area contributed by atoms with E-state index < -0.39 is 0 Å². The molecule has 0 aromatic heterocycles. The first-order chi connectivity index (χ1) is 9.74. The quantitative estimate of drug-likeness (QED) is 0.722. The fraction of sp³-hybridized carbons (Fsp3) is 0.933. The average molecular weight is 284 g/mol. The molecule has 1 heterocycles. The molecule has 1 amide bonds. The molecule has 0 spiro atoms. The number of carbonyl (C=O) groups excluding carboxylic acids is 1. The van der Waals surface area contributed by atoms with Crippen LogP contribution >= 0.6 is 0 Å². The van der Waals surface area contributed by atoms with Crippen molar-refractivity contribution in [3.8, 4) is 0 Å². The molecule has 116 valence electrons. The van der Waals surface area contributed by atoms with E-state index in [0.717, 1.165) is 45.1 Å². The molecule has 2 aliphatic rings. The van der Waals surface area contributed by atoms with Crippen molar-refractivity contribution in [3.63, 3.8) is 0 Å². The van der Waals surface area contributed by atoms with E-state index in [-0.39, 0.29) is 12.0 Å². The van der Waals surface area contributed by atoms with Crippen LogP contribution in [-0.2, 0) is 14.3 Å². The maximum Gasteiger partial charge on any atom is 0.222 e. The maximum atomic E-state index is 11.7. The van der Waals surface area contributed by atoms with Crippen LogP contribution in [-0.4, -0.2) is 43.9 Å². The van der Waals surface area contributed by atoms with Gasteiger partial charge in [-0.3, -0.25) is 4.79 Å². The molecule has 5 nitrogen and oxygen atoms in total. The summed E-state index contributed by atoms with van der Waals surface area (Å²) >= 11 is 0. The van der Waals surface area contributed by atoms with E-state index in [9.17, 15) is 4.79 Å². The molecule has 1 unspecified atom stereocenters. The Balaban J connectivity index is 1.48. The molecular formula is C15H28N2O3. The molecule has 0 bridgehead atoms. The number of hydrogen-bond donors (Lipinski definition) is 2. The number of carbonyl (C=O) groups is 1. The molecule has 1 atom stereocenters. The zero-order chi connectivity index (χ0) is 14.2. The van der Waals surface area contributed by atoms with Crippen LogP contribution in [0.5, 0.6) is 0 Å². The minimum Gasteiger partial charge on any atom is -0.378 e. The van der Waals surface area contributed by atoms with Gasteiger partial charge < -0.3 is 20.5 Å². The summed E-state index contributed by atoms with van der Waals surface area (Å²) in [5.74, 6) is 0.0752. The minimum atomic E-state index is 0.0752. The SMILES string of the molecule is NC1CCC(OCCNC(=O)CC2CCCCO2)CC1. The summed E-state index contributed by atoms with van der Waals surface area (Å²) in [4.78, 5) is 11.7. The Morgan fingerprint density at radius 3 is 2.70 bits per heavy atom. The van der Waals surface area contributed by atoms with Gasteiger partial charge in [0, 0.05) is 19.2 Å². The molecule has 1 aliphatic carbocycles. The maximum absolute atomic E-state index is 11.7. The third kappa shape index (κ3) is 5.77. The molecule has 2 rings (SSSR count). The van der Waals surface area contributed by atoms with E-state index in [2.05, 4.69) is 5.32 Å². The highest BCUT2D eigenvalue weighted by molar-refractivity contribution is 5.76. The van der Waals surface area contributed by atoms with E-state index in [0.29, 0.717) is 31.7 Å². The van der Waals surface area contributed by atoms with E-state index in [1.54, 1.807) is 0 Å². The lowest BCUT2D eigenvalue weighted by Crippen LogP contribution is -2.34. The van der Waals surface area contributed by atoms with E-state index >= 15 is 0 Å². The van der Waals surface area contributed by atoms with Gasteiger partial charge in [-0.1, -0.05) is 0 Å². The van der Waals surface area contributed by atoms with E-state index in [4.69, 9.17) is 15.2 Å². The molecular weight excluding hydrogens is 256 g/mol. The van der Waals surface area contributed by atoms with E-state index in [1.165, 1.54) is 6.42 Å². The van der Waals surface area contributed by atoms with Gasteiger partial charge in [0.2, 0.25) is 5.91 Å². The van der Waals surface area contributed by atoms with Crippen molar-refractivity contribution in [1.82, 2.24) is 5.32 Å². The fourth-order valence-corrected chi connectivity index (χ4v) is 2.92. The summed E-state index contributed by atoms with van der Waals surface area (Å²) in [6.45, 7) is 1.98. The lowest BCUT2D eigenvalue weighted by atomic mass is 9.94. The fourth-order valence-electron chi connectivity index (χ4n) is 2.92. The van der Waals surface area contributed by atoms with Gasteiger partial charge in [-0.25, -0.2) is 0 Å². The van der Waals surface area contributed by atoms with Crippen LogP contribution in [0.2, 0.25) is 0 Å². The summed E-state index contributed by atoms with van der Waals surface area (Å²) in [7, 11) is 0. The van der Waals surface area contributed by atoms with Crippen molar-refractivity contribution in [2.45, 2.75) is 69.6 Å². The normalized spacial score (nSPS) is 30.9. The number of ether oxygens (including phenoxy) is 2. The first kappa shape index (κ1) is 15.7. The highest BCUT2D eigenvalue weighted by atomic mass is 16.5. The van der Waals surface area contributed by atoms with Gasteiger partial charge in [0.15, 0.2) is 0 Å². The summed E-state index contributed by atoms with van der Waals surface area (Å²) in [6, 6.07) is 0.352. The van der Waals surface area contributed by atoms with Gasteiger partial charge in [-0.05, 0) is 44.9 Å². The van der Waals surface area contributed by atoms with Crippen molar-refractivity contribution in [2.24, 2.45) is 5.73 Å². The van der Waals surface area contributed by atoms with Crippen LogP contribution in [0.15, 0.2) is 0 Å². The molecule has 3 N–H and O–H groups in total. The topological polar surface area (TPSA) is 73.6 Å². The summed E-state index contributed by atoms with van der Waals surface area (Å²) in [5, 5.41) is 2.91. The van der Waals surface area contributed by atoms with Gasteiger partial charge in [-0.15, -0.1) is 0 Å². The largest absolute Gasteiger partial charge is 0.378 e. The van der Waals surface area contributed by atoms with Crippen molar-refractivity contribution in [2.75, 3.05) is 19.8 Å². The summed E-state index contributed by atoms with van der Waals surface area (Å²) in [5.41, 5.74) is 5.86. The van der Waals surface area contributed by atoms with Gasteiger partial charge >= 0.3 is 0 Å². The molecule has 0 radical (unpaired) electrons. The van der Waals surface area contributed by atoms with Crippen molar-refractivity contribution >= 4 is 5.91 Å². The van der Waals surface area contributed by atoms with Crippen molar-refractivity contribution in [1.29, 1.82) is 0 Å². The third-order valence-electron chi connectivity index (χ3n) is 4.18. The third-order valence-corrected chi connectivity index (χ3v) is 4.18. The number of amides is 1. The Morgan fingerprint density at radius 1 is 1.20 bits per heavy atom. The van der Waals surface area contributed by atoms with E-state index in [1.807, 2.05) is 0 Å². The Morgan fingerprint density at radius 2 is 2.00 bits per heavy atom. The molecule has 1 saturated heterocycles. The van der Waals surface area contributed by atoms with Gasteiger partial charge in [-0.2, -0.15) is 0 Å². The predicted molar refractivity (Wildman–Crippen MR) is 77.4 cm³/mol. The molecule has 2 fully saturated rings. The molecule has 0 aromatic carbocycles. The Bertz CT molecular complexity index is 285. The molecule has 1 aliphatic heterocycles. The van der Waals surface area contributed by atoms with Crippen LogP contribution in [0.25, 0.3) is 0 Å². The predicted octanol–water partition coefficient (Wildman–Crippen LogP) is 1.35. The lowest BCUT2D eigenvalue weighted by Gasteiger charge is -2.26. The zero-order valence-corrected chi connectivity index (χ0v) is 12.3. The number of hydrogen-bond acceptors (Lipinski definition) is 4. The molecule has 0 aromatic rings. The second-order valence-electron chi connectivity index (χ2n) is 5.95. The van der Waals surface area contributed by atoms with Crippen LogP contribution < -0.4 is 11.1 Å². The second-order valence-corrected chi connectivity index (χ2v) is 5.95. The van der Waals surface area contributed by atoms with Crippen LogP contribution in [0, 0.1) is 0 Å². The van der Waals surface area contributed by atoms with Crippen LogP contribution in [0.1, 0.15) is 51.4 Å². The molecule has 5 heteroatoms. The number of nitrogens with two attached hydrogens (primary N) is 1. The molecule has 20 heavy (non-hydrogen) atoms. The minimum absolute atomic E-state index is 0.0752. The van der Waals surface area contributed by atoms with Crippen molar-refractivity contribution in [3.05, 3.63) is 0 Å². The lowest BCUT2D eigenvalue weighted by molar-refractivity contribution is -0.125. The van der Waals surface area contributed by atoms with Crippen LogP contribution in [0.4, 0.5) is 0 Å². The summed E-state index contributed by atoms with van der Waals surface area (Å²) in [6.07, 6.45) is 8.42. The zero-order valence-electron chi connectivity index (χ0n) is 12.3. The highest BCUT2D eigenvalue weighted by Crippen LogP contribution is 2.19. The Labute approximate surface area is 121 Å². The molecule has 1 saturated carbocycles. The monoisotopic (exact) mass is 284 g/mol. The second kappa shape index (κ2) is 8.60. The average Bonchev–Trinajstić information content (AvgIpc) is 2.46. The Kier molecular flexibility index (Phi) is 6.76.